The van der Waals surface area contributed by atoms with Crippen molar-refractivity contribution >= 4 is 11.6 Å². The van der Waals surface area contributed by atoms with E-state index in [2.05, 4.69) is 37.4 Å². The Kier molecular flexibility index (Phi) is 5.50. The fraction of sp³-hybridized carbons (Fsp3) is 0.316. The van der Waals surface area contributed by atoms with Crippen LogP contribution in [0.15, 0.2) is 36.4 Å². The molecule has 0 aliphatic heterocycles. The first kappa shape index (κ1) is 17.2. The third-order valence-corrected chi connectivity index (χ3v) is 3.75. The van der Waals surface area contributed by atoms with Crippen molar-refractivity contribution in [2.45, 2.75) is 27.3 Å². The van der Waals surface area contributed by atoms with Gasteiger partial charge in [-0.05, 0) is 56.6 Å². The number of nitrogens with one attached hydrogen (secondary N) is 1. The van der Waals surface area contributed by atoms with Gasteiger partial charge in [0.1, 0.15) is 5.82 Å². The van der Waals surface area contributed by atoms with Gasteiger partial charge in [-0.2, -0.15) is 0 Å². The van der Waals surface area contributed by atoms with E-state index in [4.69, 9.17) is 0 Å². The lowest BCUT2D eigenvalue weighted by atomic mass is 10.1. The van der Waals surface area contributed by atoms with Gasteiger partial charge in [-0.15, -0.1) is 0 Å². The number of hydrogen-bond acceptors (Lipinski definition) is 2. The summed E-state index contributed by atoms with van der Waals surface area (Å²) in [6.45, 7) is 6.82. The van der Waals surface area contributed by atoms with Crippen LogP contribution in [0.2, 0.25) is 0 Å². The Morgan fingerprint density at radius 2 is 1.74 bits per heavy atom. The van der Waals surface area contributed by atoms with Crippen molar-refractivity contribution in [2.24, 2.45) is 0 Å². The number of likely N-dealkylation sites (N-methyl/N-ethyl adjacent to an activating group) is 1. The second-order valence-electron chi connectivity index (χ2n) is 6.13. The largest absolute Gasteiger partial charge is 0.322 e. The minimum atomic E-state index is -0.407. The number of rotatable bonds is 5. The van der Waals surface area contributed by atoms with Gasteiger partial charge in [0.2, 0.25) is 5.91 Å². The Bertz CT molecular complexity index is 713. The van der Waals surface area contributed by atoms with Crippen molar-refractivity contribution in [1.29, 1.82) is 0 Å². The van der Waals surface area contributed by atoms with E-state index >= 15 is 0 Å². The van der Waals surface area contributed by atoms with Gasteiger partial charge in [0.05, 0.1) is 12.2 Å². The predicted octanol–water partition coefficient (Wildman–Crippen LogP) is 3.82. The molecule has 2 rings (SSSR count). The Morgan fingerprint density at radius 3 is 2.39 bits per heavy atom. The van der Waals surface area contributed by atoms with Crippen LogP contribution >= 0.6 is 0 Å². The average Bonchev–Trinajstić information content (AvgIpc) is 2.45. The molecule has 0 saturated heterocycles. The SMILES string of the molecule is Cc1ccc(CN(C)CC(=O)Nc2ccc(C)cc2F)c(C)c1. The molecule has 1 N–H and O–H groups in total. The topological polar surface area (TPSA) is 32.3 Å². The van der Waals surface area contributed by atoms with Crippen LogP contribution in [0.3, 0.4) is 0 Å². The molecule has 3 nitrogen and oxygen atoms in total. The quantitative estimate of drug-likeness (QED) is 0.910. The number of nitrogens with zero attached hydrogens (tertiary/aromatic N) is 1. The van der Waals surface area contributed by atoms with Crippen LogP contribution in [0.25, 0.3) is 0 Å². The molecule has 0 fully saturated rings. The lowest BCUT2D eigenvalue weighted by Crippen LogP contribution is -2.30. The van der Waals surface area contributed by atoms with E-state index in [1.807, 2.05) is 18.9 Å². The van der Waals surface area contributed by atoms with Gasteiger partial charge in [0, 0.05) is 6.54 Å². The summed E-state index contributed by atoms with van der Waals surface area (Å²) in [6.07, 6.45) is 0. The number of anilines is 1. The third-order valence-electron chi connectivity index (χ3n) is 3.75. The third kappa shape index (κ3) is 4.89. The fourth-order valence-electron chi connectivity index (χ4n) is 2.53. The van der Waals surface area contributed by atoms with E-state index in [1.54, 1.807) is 12.1 Å². The van der Waals surface area contributed by atoms with E-state index in [0.717, 1.165) is 5.56 Å². The Hall–Kier alpha value is -2.20. The van der Waals surface area contributed by atoms with Crippen molar-refractivity contribution in [3.05, 3.63) is 64.5 Å². The molecule has 0 heterocycles. The average molecular weight is 314 g/mol. The van der Waals surface area contributed by atoms with Gasteiger partial charge in [-0.25, -0.2) is 4.39 Å². The molecule has 0 spiro atoms. The molecule has 1 amide bonds. The highest BCUT2D eigenvalue weighted by molar-refractivity contribution is 5.92. The highest BCUT2D eigenvalue weighted by atomic mass is 19.1. The van der Waals surface area contributed by atoms with E-state index in [9.17, 15) is 9.18 Å². The second kappa shape index (κ2) is 7.38. The summed E-state index contributed by atoms with van der Waals surface area (Å²) in [5, 5.41) is 2.62. The summed E-state index contributed by atoms with van der Waals surface area (Å²) in [5.74, 6) is -0.629. The molecule has 4 heteroatoms. The number of benzene rings is 2. The van der Waals surface area contributed by atoms with E-state index < -0.39 is 5.82 Å². The number of halogens is 1. The number of aryl methyl sites for hydroxylation is 3. The minimum absolute atomic E-state index is 0.209. The number of amides is 1. The molecule has 2 aromatic rings. The lowest BCUT2D eigenvalue weighted by molar-refractivity contribution is -0.117. The zero-order valence-electron chi connectivity index (χ0n) is 14.1. The van der Waals surface area contributed by atoms with Crippen molar-refractivity contribution in [2.75, 3.05) is 18.9 Å². The first-order chi connectivity index (χ1) is 10.8. The zero-order chi connectivity index (χ0) is 17.0. The van der Waals surface area contributed by atoms with Gasteiger partial charge < -0.3 is 5.32 Å². The molecular weight excluding hydrogens is 291 g/mol. The van der Waals surface area contributed by atoms with Crippen molar-refractivity contribution in [3.8, 4) is 0 Å². The minimum Gasteiger partial charge on any atom is -0.322 e. The summed E-state index contributed by atoms with van der Waals surface area (Å²) in [7, 11) is 1.88. The maximum absolute atomic E-state index is 13.8. The molecule has 23 heavy (non-hydrogen) atoms. The van der Waals surface area contributed by atoms with E-state index in [1.165, 1.54) is 22.8 Å². The van der Waals surface area contributed by atoms with Crippen LogP contribution in [0, 0.1) is 26.6 Å². The van der Waals surface area contributed by atoms with Gasteiger partial charge in [0.15, 0.2) is 0 Å². The van der Waals surface area contributed by atoms with Crippen LogP contribution in [0.4, 0.5) is 10.1 Å². The van der Waals surface area contributed by atoms with E-state index in [0.29, 0.717) is 6.54 Å². The Labute approximate surface area is 137 Å². The number of carbonyl (C=O) groups excluding carboxylic acids is 1. The predicted molar refractivity (Wildman–Crippen MR) is 92.0 cm³/mol. The molecule has 0 aromatic heterocycles. The second-order valence-corrected chi connectivity index (χ2v) is 6.13. The van der Waals surface area contributed by atoms with Crippen LogP contribution in [0.5, 0.6) is 0 Å². The molecule has 0 bridgehead atoms. The summed E-state index contributed by atoms with van der Waals surface area (Å²) in [4.78, 5) is 14.0. The summed E-state index contributed by atoms with van der Waals surface area (Å²) >= 11 is 0. The van der Waals surface area contributed by atoms with Crippen LogP contribution < -0.4 is 5.32 Å². The fourth-order valence-corrected chi connectivity index (χ4v) is 2.53. The standard InChI is InChI=1S/C19H23FN2O/c1-13-5-7-16(15(3)9-13)11-22(4)12-19(23)21-18-8-6-14(2)10-17(18)20/h5-10H,11-12H2,1-4H3,(H,21,23). The molecule has 2 aromatic carbocycles. The Morgan fingerprint density at radius 1 is 1.09 bits per heavy atom. The van der Waals surface area contributed by atoms with Crippen LogP contribution in [-0.4, -0.2) is 24.4 Å². The number of carbonyl (C=O) groups is 1. The van der Waals surface area contributed by atoms with Crippen LogP contribution in [0.1, 0.15) is 22.3 Å². The van der Waals surface area contributed by atoms with Crippen molar-refractivity contribution in [3.63, 3.8) is 0 Å². The summed E-state index contributed by atoms with van der Waals surface area (Å²) < 4.78 is 13.8. The van der Waals surface area contributed by atoms with E-state index in [-0.39, 0.29) is 18.1 Å². The Balaban J connectivity index is 1.94. The summed E-state index contributed by atoms with van der Waals surface area (Å²) in [6, 6.07) is 11.1. The van der Waals surface area contributed by atoms with Crippen molar-refractivity contribution < 1.29 is 9.18 Å². The highest BCUT2D eigenvalue weighted by Crippen LogP contribution is 2.16. The normalized spacial score (nSPS) is 10.9. The highest BCUT2D eigenvalue weighted by Gasteiger charge is 2.11. The smallest absolute Gasteiger partial charge is 0.238 e. The maximum atomic E-state index is 13.8. The first-order valence-corrected chi connectivity index (χ1v) is 7.66. The van der Waals surface area contributed by atoms with Crippen LogP contribution in [-0.2, 0) is 11.3 Å². The lowest BCUT2D eigenvalue weighted by Gasteiger charge is -2.18. The first-order valence-electron chi connectivity index (χ1n) is 7.66. The monoisotopic (exact) mass is 314 g/mol. The molecule has 122 valence electrons. The molecule has 0 atom stereocenters. The molecule has 0 radical (unpaired) electrons. The zero-order valence-corrected chi connectivity index (χ0v) is 14.1. The molecule has 0 unspecified atom stereocenters. The molecule has 0 saturated carbocycles. The van der Waals surface area contributed by atoms with Gasteiger partial charge in [0.25, 0.3) is 0 Å². The molecule has 0 aliphatic rings. The van der Waals surface area contributed by atoms with Gasteiger partial charge in [-0.3, -0.25) is 9.69 Å². The molecular formula is C19H23FN2O. The van der Waals surface area contributed by atoms with Gasteiger partial charge in [-0.1, -0.05) is 29.8 Å². The van der Waals surface area contributed by atoms with Gasteiger partial charge >= 0.3 is 0 Å². The molecule has 0 aliphatic carbocycles. The maximum Gasteiger partial charge on any atom is 0.238 e. The van der Waals surface area contributed by atoms with Crippen molar-refractivity contribution in [1.82, 2.24) is 4.90 Å². The summed E-state index contributed by atoms with van der Waals surface area (Å²) in [5.41, 5.74) is 4.67. The number of hydrogen-bond donors (Lipinski definition) is 1.